The topological polar surface area (TPSA) is 23.6 Å². The summed E-state index contributed by atoms with van der Waals surface area (Å²) in [5, 5.41) is 0. The second kappa shape index (κ2) is 9.03. The Morgan fingerprint density at radius 1 is 1.00 bits per heavy atom. The van der Waals surface area contributed by atoms with Crippen LogP contribution in [0.3, 0.4) is 0 Å². The van der Waals surface area contributed by atoms with Gasteiger partial charge < -0.3 is 9.80 Å². The predicted octanol–water partition coefficient (Wildman–Crippen LogP) is 5.36. The van der Waals surface area contributed by atoms with Crippen molar-refractivity contribution >= 4 is 5.91 Å². The minimum atomic E-state index is -4.37. The summed E-state index contributed by atoms with van der Waals surface area (Å²) in [7, 11) is 0. The molecule has 31 heavy (non-hydrogen) atoms. The molecule has 166 valence electrons. The van der Waals surface area contributed by atoms with Crippen molar-refractivity contribution in [2.45, 2.75) is 38.3 Å². The molecule has 0 aromatic heterocycles. The van der Waals surface area contributed by atoms with Gasteiger partial charge in [-0.15, -0.1) is 0 Å². The van der Waals surface area contributed by atoms with E-state index in [4.69, 9.17) is 0 Å². The standard InChI is InChI=1S/C25H29F3N2O/c1-18-7-5-9-20(13-18)24(31)30-16-21(15-29-11-3-2-4-12-29)23(17-30)19-8-6-10-22(14-19)25(26,27)28/h5-10,13-14,21,23H,2-4,11-12,15-17H2,1H3/t21-,23+/m0/s1. The SMILES string of the molecule is Cc1cccc(C(=O)N2C[C@H](CN3CCCCC3)[C@@H](c3cccc(C(F)(F)F)c3)C2)c1. The van der Waals surface area contributed by atoms with Gasteiger partial charge in [0.1, 0.15) is 0 Å². The number of carbonyl (C=O) groups excluding carboxylic acids is 1. The number of carbonyl (C=O) groups is 1. The van der Waals surface area contributed by atoms with Gasteiger partial charge in [-0.3, -0.25) is 4.79 Å². The first-order valence-electron chi connectivity index (χ1n) is 11.1. The Balaban J connectivity index is 1.59. The first-order chi connectivity index (χ1) is 14.8. The minimum Gasteiger partial charge on any atom is -0.338 e. The second-order valence-electron chi connectivity index (χ2n) is 8.93. The first-order valence-corrected chi connectivity index (χ1v) is 11.1. The average Bonchev–Trinajstić information content (AvgIpc) is 3.17. The van der Waals surface area contributed by atoms with Crippen LogP contribution in [0.25, 0.3) is 0 Å². The van der Waals surface area contributed by atoms with Gasteiger partial charge in [-0.2, -0.15) is 13.2 Å². The Morgan fingerprint density at radius 3 is 2.45 bits per heavy atom. The third-order valence-corrected chi connectivity index (χ3v) is 6.58. The third-order valence-electron chi connectivity index (χ3n) is 6.58. The summed E-state index contributed by atoms with van der Waals surface area (Å²) in [5.74, 6) is -0.0184. The number of hydrogen-bond donors (Lipinski definition) is 0. The second-order valence-corrected chi connectivity index (χ2v) is 8.93. The van der Waals surface area contributed by atoms with Crippen LogP contribution in [0.15, 0.2) is 48.5 Å². The molecule has 4 rings (SSSR count). The zero-order chi connectivity index (χ0) is 22.0. The van der Waals surface area contributed by atoms with Gasteiger partial charge in [0.15, 0.2) is 0 Å². The molecule has 2 aromatic rings. The van der Waals surface area contributed by atoms with Crippen molar-refractivity contribution in [1.29, 1.82) is 0 Å². The van der Waals surface area contributed by atoms with E-state index in [0.29, 0.717) is 24.2 Å². The predicted molar refractivity (Wildman–Crippen MR) is 115 cm³/mol. The van der Waals surface area contributed by atoms with Gasteiger partial charge in [0.25, 0.3) is 5.91 Å². The summed E-state index contributed by atoms with van der Waals surface area (Å²) in [6.45, 7) is 5.84. The Labute approximate surface area is 181 Å². The third kappa shape index (κ3) is 5.12. The van der Waals surface area contributed by atoms with E-state index in [0.717, 1.165) is 44.1 Å². The van der Waals surface area contributed by atoms with Crippen LogP contribution in [0.5, 0.6) is 0 Å². The number of amides is 1. The molecule has 0 bridgehead atoms. The van der Waals surface area contributed by atoms with Gasteiger partial charge in [-0.05, 0) is 62.5 Å². The smallest absolute Gasteiger partial charge is 0.338 e. The van der Waals surface area contributed by atoms with E-state index in [1.165, 1.54) is 18.6 Å². The first kappa shape index (κ1) is 21.9. The average molecular weight is 431 g/mol. The van der Waals surface area contributed by atoms with Gasteiger partial charge in [0.05, 0.1) is 5.56 Å². The van der Waals surface area contributed by atoms with Crippen LogP contribution in [0.2, 0.25) is 0 Å². The Hall–Kier alpha value is -2.34. The molecule has 0 radical (unpaired) electrons. The minimum absolute atomic E-state index is 0.0400. The van der Waals surface area contributed by atoms with Gasteiger partial charge >= 0.3 is 6.18 Å². The van der Waals surface area contributed by atoms with E-state index in [2.05, 4.69) is 4.90 Å². The van der Waals surface area contributed by atoms with Gasteiger partial charge in [-0.25, -0.2) is 0 Å². The molecule has 1 amide bonds. The molecule has 2 fully saturated rings. The molecule has 2 heterocycles. The van der Waals surface area contributed by atoms with Crippen LogP contribution in [0.4, 0.5) is 13.2 Å². The summed E-state index contributed by atoms with van der Waals surface area (Å²) >= 11 is 0. The lowest BCUT2D eigenvalue weighted by Crippen LogP contribution is -2.36. The molecular formula is C25H29F3N2O. The number of piperidine rings is 1. The Bertz CT molecular complexity index is 921. The van der Waals surface area contributed by atoms with Crippen LogP contribution in [0, 0.1) is 12.8 Å². The zero-order valence-electron chi connectivity index (χ0n) is 17.9. The summed E-state index contributed by atoms with van der Waals surface area (Å²) in [5.41, 5.74) is 1.72. The number of alkyl halides is 3. The highest BCUT2D eigenvalue weighted by Crippen LogP contribution is 2.37. The molecule has 2 aromatic carbocycles. The van der Waals surface area contributed by atoms with Crippen molar-refractivity contribution in [3.05, 3.63) is 70.8 Å². The van der Waals surface area contributed by atoms with Gasteiger partial charge in [-0.1, -0.05) is 42.3 Å². The molecule has 0 N–H and O–H groups in total. The van der Waals surface area contributed by atoms with E-state index in [9.17, 15) is 18.0 Å². The number of halogens is 3. The van der Waals surface area contributed by atoms with Crippen LogP contribution < -0.4 is 0 Å². The summed E-state index contributed by atoms with van der Waals surface area (Å²) in [6, 6.07) is 13.2. The van der Waals surface area contributed by atoms with Crippen molar-refractivity contribution < 1.29 is 18.0 Å². The maximum atomic E-state index is 13.3. The molecule has 2 aliphatic rings. The van der Waals surface area contributed by atoms with Crippen molar-refractivity contribution in [2.75, 3.05) is 32.7 Å². The van der Waals surface area contributed by atoms with Crippen molar-refractivity contribution in [1.82, 2.24) is 9.80 Å². The van der Waals surface area contributed by atoms with Gasteiger partial charge in [0, 0.05) is 31.1 Å². The summed E-state index contributed by atoms with van der Waals surface area (Å²) < 4.78 is 39.9. The fourth-order valence-corrected chi connectivity index (χ4v) is 4.98. The molecule has 0 saturated carbocycles. The fourth-order valence-electron chi connectivity index (χ4n) is 4.98. The van der Waals surface area contributed by atoms with Crippen LogP contribution >= 0.6 is 0 Å². The molecule has 0 spiro atoms. The van der Waals surface area contributed by atoms with E-state index in [-0.39, 0.29) is 17.7 Å². The van der Waals surface area contributed by atoms with Crippen molar-refractivity contribution in [3.8, 4) is 0 Å². The molecule has 2 atom stereocenters. The largest absolute Gasteiger partial charge is 0.416 e. The lowest BCUT2D eigenvalue weighted by molar-refractivity contribution is -0.137. The number of rotatable bonds is 4. The maximum Gasteiger partial charge on any atom is 0.416 e. The maximum absolute atomic E-state index is 13.3. The number of benzene rings is 2. The number of nitrogens with zero attached hydrogens (tertiary/aromatic N) is 2. The molecule has 2 saturated heterocycles. The Morgan fingerprint density at radius 2 is 1.74 bits per heavy atom. The number of aryl methyl sites for hydroxylation is 1. The van der Waals surface area contributed by atoms with E-state index >= 15 is 0 Å². The molecule has 0 aliphatic carbocycles. The van der Waals surface area contributed by atoms with Crippen LogP contribution in [0.1, 0.15) is 52.2 Å². The van der Waals surface area contributed by atoms with E-state index in [1.807, 2.05) is 36.1 Å². The molecular weight excluding hydrogens is 401 g/mol. The molecule has 2 aliphatic heterocycles. The van der Waals surface area contributed by atoms with Crippen molar-refractivity contribution in [3.63, 3.8) is 0 Å². The lowest BCUT2D eigenvalue weighted by Gasteiger charge is -2.31. The van der Waals surface area contributed by atoms with Crippen LogP contribution in [-0.4, -0.2) is 48.4 Å². The highest BCUT2D eigenvalue weighted by Gasteiger charge is 2.39. The highest BCUT2D eigenvalue weighted by atomic mass is 19.4. The number of hydrogen-bond acceptors (Lipinski definition) is 2. The molecule has 0 unspecified atom stereocenters. The normalized spacial score (nSPS) is 22.6. The summed E-state index contributed by atoms with van der Waals surface area (Å²) in [6.07, 6.45) is -0.815. The molecule has 6 heteroatoms. The number of likely N-dealkylation sites (tertiary alicyclic amines) is 2. The quantitative estimate of drug-likeness (QED) is 0.652. The Kier molecular flexibility index (Phi) is 6.37. The summed E-state index contributed by atoms with van der Waals surface area (Å²) in [4.78, 5) is 17.4. The van der Waals surface area contributed by atoms with Gasteiger partial charge in [0.2, 0.25) is 0 Å². The monoisotopic (exact) mass is 430 g/mol. The van der Waals surface area contributed by atoms with Crippen molar-refractivity contribution in [2.24, 2.45) is 5.92 Å². The lowest BCUT2D eigenvalue weighted by atomic mass is 9.87. The zero-order valence-corrected chi connectivity index (χ0v) is 17.9. The fraction of sp³-hybridized carbons (Fsp3) is 0.480. The van der Waals surface area contributed by atoms with E-state index in [1.54, 1.807) is 6.07 Å². The molecule has 3 nitrogen and oxygen atoms in total. The highest BCUT2D eigenvalue weighted by molar-refractivity contribution is 5.94. The van der Waals surface area contributed by atoms with E-state index < -0.39 is 11.7 Å². The van der Waals surface area contributed by atoms with Crippen LogP contribution in [-0.2, 0) is 6.18 Å².